The quantitative estimate of drug-likeness (QED) is 0.565. The first-order valence-electron chi connectivity index (χ1n) is 6.95. The molecule has 0 amide bonds. The van der Waals surface area contributed by atoms with E-state index in [-0.39, 0.29) is 5.97 Å². The van der Waals surface area contributed by atoms with Crippen LogP contribution in [0.25, 0.3) is 0 Å². The summed E-state index contributed by atoms with van der Waals surface area (Å²) in [5.74, 6) is -1.55. The van der Waals surface area contributed by atoms with Crippen molar-refractivity contribution in [2.75, 3.05) is 19.8 Å². The van der Waals surface area contributed by atoms with Crippen molar-refractivity contribution < 1.29 is 23.7 Å². The monoisotopic (exact) mass is 272 g/mol. The van der Waals surface area contributed by atoms with E-state index in [4.69, 9.17) is 18.9 Å². The minimum atomic E-state index is -0.839. The van der Waals surface area contributed by atoms with Gasteiger partial charge in [-0.05, 0) is 34.1 Å². The van der Waals surface area contributed by atoms with Crippen molar-refractivity contribution >= 4 is 5.97 Å². The van der Waals surface area contributed by atoms with Gasteiger partial charge in [-0.1, -0.05) is 0 Å². The van der Waals surface area contributed by atoms with E-state index < -0.39 is 17.3 Å². The Balaban J connectivity index is 1.98. The molecule has 2 atom stereocenters. The molecule has 2 rings (SSSR count). The molecule has 2 saturated heterocycles. The molecule has 0 aromatic carbocycles. The number of hydrogen-bond donors (Lipinski definition) is 0. The summed E-state index contributed by atoms with van der Waals surface area (Å²) in [6, 6.07) is 0. The number of rotatable bonds is 5. The lowest BCUT2D eigenvalue weighted by Crippen LogP contribution is -2.44. The maximum atomic E-state index is 12.2. The number of carbonyl (C=O) groups is 1. The van der Waals surface area contributed by atoms with Crippen molar-refractivity contribution in [3.8, 4) is 0 Å². The zero-order valence-electron chi connectivity index (χ0n) is 12.2. The predicted octanol–water partition coefficient (Wildman–Crippen LogP) is 1.89. The highest BCUT2D eigenvalue weighted by Gasteiger charge is 2.47. The standard InChI is InChI=1S/C14H24O5/c1-10(12(15)19-13(2,3)4)14(17-7-8-18-14)6-5-11-9-16-11/h10-11H,5-9H2,1-4H3. The van der Waals surface area contributed by atoms with E-state index in [1.54, 1.807) is 0 Å². The maximum Gasteiger partial charge on any atom is 0.314 e. The molecule has 0 radical (unpaired) electrons. The summed E-state index contributed by atoms with van der Waals surface area (Å²) in [7, 11) is 0. The van der Waals surface area contributed by atoms with Crippen molar-refractivity contribution in [3.05, 3.63) is 0 Å². The summed E-state index contributed by atoms with van der Waals surface area (Å²) in [6.07, 6.45) is 1.82. The van der Waals surface area contributed by atoms with Crippen LogP contribution in [0.4, 0.5) is 0 Å². The van der Waals surface area contributed by atoms with Crippen molar-refractivity contribution in [1.82, 2.24) is 0 Å². The van der Waals surface area contributed by atoms with Gasteiger partial charge >= 0.3 is 5.97 Å². The molecule has 110 valence electrons. The van der Waals surface area contributed by atoms with Crippen LogP contribution in [0.2, 0.25) is 0 Å². The van der Waals surface area contributed by atoms with Crippen LogP contribution in [0.5, 0.6) is 0 Å². The van der Waals surface area contributed by atoms with E-state index in [2.05, 4.69) is 0 Å². The third-order valence-electron chi connectivity index (χ3n) is 3.41. The molecule has 2 aliphatic rings. The number of ether oxygens (including phenoxy) is 4. The molecule has 0 saturated carbocycles. The summed E-state index contributed by atoms with van der Waals surface area (Å²) in [6.45, 7) is 9.25. The van der Waals surface area contributed by atoms with Crippen LogP contribution in [-0.4, -0.2) is 43.3 Å². The summed E-state index contributed by atoms with van der Waals surface area (Å²) >= 11 is 0. The van der Waals surface area contributed by atoms with Crippen molar-refractivity contribution in [1.29, 1.82) is 0 Å². The van der Waals surface area contributed by atoms with Crippen molar-refractivity contribution in [3.63, 3.8) is 0 Å². The predicted molar refractivity (Wildman–Crippen MR) is 68.6 cm³/mol. The molecule has 19 heavy (non-hydrogen) atoms. The van der Waals surface area contributed by atoms with E-state index in [1.807, 2.05) is 27.7 Å². The number of hydrogen-bond acceptors (Lipinski definition) is 5. The molecule has 5 nitrogen and oxygen atoms in total. The van der Waals surface area contributed by atoms with E-state index in [9.17, 15) is 4.79 Å². The topological polar surface area (TPSA) is 57.3 Å². The van der Waals surface area contributed by atoms with Gasteiger partial charge in [0.1, 0.15) is 11.5 Å². The van der Waals surface area contributed by atoms with E-state index >= 15 is 0 Å². The van der Waals surface area contributed by atoms with Gasteiger partial charge in [-0.3, -0.25) is 4.79 Å². The van der Waals surface area contributed by atoms with Crippen molar-refractivity contribution in [2.45, 2.75) is 58.0 Å². The number of esters is 1. The Kier molecular flexibility index (Phi) is 4.18. The minimum Gasteiger partial charge on any atom is -0.460 e. The molecule has 0 N–H and O–H groups in total. The number of carbonyl (C=O) groups excluding carboxylic acids is 1. The lowest BCUT2D eigenvalue weighted by molar-refractivity contribution is -0.215. The zero-order valence-corrected chi connectivity index (χ0v) is 12.2. The lowest BCUT2D eigenvalue weighted by atomic mass is 9.94. The Morgan fingerprint density at radius 3 is 2.42 bits per heavy atom. The second-order valence-electron chi connectivity index (χ2n) is 6.26. The Morgan fingerprint density at radius 2 is 1.95 bits per heavy atom. The van der Waals surface area contributed by atoms with E-state index in [1.165, 1.54) is 0 Å². The van der Waals surface area contributed by atoms with Gasteiger partial charge in [-0.25, -0.2) is 0 Å². The molecule has 2 heterocycles. The highest BCUT2D eigenvalue weighted by molar-refractivity contribution is 5.73. The summed E-state index contributed by atoms with van der Waals surface area (Å²) < 4.78 is 22.1. The molecule has 0 aromatic rings. The summed E-state index contributed by atoms with van der Waals surface area (Å²) in [5, 5.41) is 0. The van der Waals surface area contributed by atoms with Crippen LogP contribution in [0.3, 0.4) is 0 Å². The fraction of sp³-hybridized carbons (Fsp3) is 0.929. The Labute approximate surface area is 114 Å². The first kappa shape index (κ1) is 14.8. The fourth-order valence-electron chi connectivity index (χ4n) is 2.25. The van der Waals surface area contributed by atoms with Crippen LogP contribution < -0.4 is 0 Å². The van der Waals surface area contributed by atoms with Gasteiger partial charge in [0.05, 0.1) is 25.9 Å². The van der Waals surface area contributed by atoms with Gasteiger partial charge in [0.15, 0.2) is 5.79 Å². The third kappa shape index (κ3) is 3.91. The molecule has 0 aromatic heterocycles. The van der Waals surface area contributed by atoms with Crippen LogP contribution in [0.1, 0.15) is 40.5 Å². The minimum absolute atomic E-state index is 0.272. The molecular formula is C14H24O5. The highest BCUT2D eigenvalue weighted by atomic mass is 16.7. The highest BCUT2D eigenvalue weighted by Crippen LogP contribution is 2.36. The smallest absolute Gasteiger partial charge is 0.314 e. The maximum absolute atomic E-state index is 12.2. The van der Waals surface area contributed by atoms with Crippen LogP contribution >= 0.6 is 0 Å². The van der Waals surface area contributed by atoms with Gasteiger partial charge in [0.25, 0.3) is 0 Å². The zero-order chi connectivity index (χ0) is 14.1. The molecule has 0 aliphatic carbocycles. The molecule has 0 bridgehead atoms. The van der Waals surface area contributed by atoms with Gasteiger partial charge in [0, 0.05) is 6.42 Å². The first-order valence-corrected chi connectivity index (χ1v) is 6.95. The molecule has 5 heteroatoms. The molecule has 2 aliphatic heterocycles. The Hall–Kier alpha value is -0.650. The Bertz CT molecular complexity index is 323. The fourth-order valence-corrected chi connectivity index (χ4v) is 2.25. The third-order valence-corrected chi connectivity index (χ3v) is 3.41. The average molecular weight is 272 g/mol. The van der Waals surface area contributed by atoms with Gasteiger partial charge in [-0.2, -0.15) is 0 Å². The Morgan fingerprint density at radius 1 is 1.37 bits per heavy atom. The summed E-state index contributed by atoms with van der Waals surface area (Å²) in [5.41, 5.74) is -0.495. The molecule has 2 unspecified atom stereocenters. The normalized spacial score (nSPS) is 27.1. The van der Waals surface area contributed by atoms with Crippen LogP contribution in [-0.2, 0) is 23.7 Å². The van der Waals surface area contributed by atoms with Gasteiger partial charge < -0.3 is 18.9 Å². The van der Waals surface area contributed by atoms with Crippen molar-refractivity contribution in [2.24, 2.45) is 5.92 Å². The van der Waals surface area contributed by atoms with E-state index in [0.717, 1.165) is 13.0 Å². The lowest BCUT2D eigenvalue weighted by Gasteiger charge is -2.33. The molecule has 0 spiro atoms. The molecular weight excluding hydrogens is 248 g/mol. The molecule has 2 fully saturated rings. The summed E-state index contributed by atoms with van der Waals surface area (Å²) in [4.78, 5) is 12.2. The van der Waals surface area contributed by atoms with E-state index in [0.29, 0.717) is 25.7 Å². The van der Waals surface area contributed by atoms with Crippen LogP contribution in [0, 0.1) is 5.92 Å². The average Bonchev–Trinajstić information content (AvgIpc) is 3.01. The SMILES string of the molecule is CC(C(=O)OC(C)(C)C)C1(CCC2CO2)OCCO1. The second-order valence-corrected chi connectivity index (χ2v) is 6.26. The second kappa shape index (κ2) is 5.38. The first-order chi connectivity index (χ1) is 8.82. The largest absolute Gasteiger partial charge is 0.460 e. The van der Waals surface area contributed by atoms with Gasteiger partial charge in [-0.15, -0.1) is 0 Å². The van der Waals surface area contributed by atoms with Gasteiger partial charge in [0.2, 0.25) is 0 Å². The van der Waals surface area contributed by atoms with Crippen LogP contribution in [0.15, 0.2) is 0 Å². The number of epoxide rings is 1.